The van der Waals surface area contributed by atoms with E-state index < -0.39 is 0 Å². The molecule has 23 heavy (non-hydrogen) atoms. The molecular formula is C19H27N3O. The van der Waals surface area contributed by atoms with E-state index in [2.05, 4.69) is 34.1 Å². The smallest absolute Gasteiger partial charge is 0.113 e. The second kappa shape index (κ2) is 7.02. The fourth-order valence-corrected chi connectivity index (χ4v) is 4.07. The number of piperidine rings is 1. The molecule has 124 valence electrons. The van der Waals surface area contributed by atoms with Crippen LogP contribution in [0.2, 0.25) is 0 Å². The Labute approximate surface area is 138 Å². The fraction of sp³-hybridized carbons (Fsp3) is 0.632. The van der Waals surface area contributed by atoms with Gasteiger partial charge in [0.25, 0.3) is 0 Å². The Morgan fingerprint density at radius 3 is 2.70 bits per heavy atom. The van der Waals surface area contributed by atoms with E-state index in [1.54, 1.807) is 0 Å². The predicted octanol–water partition coefficient (Wildman–Crippen LogP) is 3.32. The van der Waals surface area contributed by atoms with Crippen LogP contribution in [-0.2, 0) is 11.3 Å². The van der Waals surface area contributed by atoms with E-state index >= 15 is 0 Å². The van der Waals surface area contributed by atoms with Crippen LogP contribution in [0.5, 0.6) is 0 Å². The summed E-state index contributed by atoms with van der Waals surface area (Å²) in [5, 5.41) is 3.47. The number of rotatable bonds is 4. The second-order valence-electron chi connectivity index (χ2n) is 6.98. The molecule has 1 aromatic carbocycles. The molecule has 4 rings (SSSR count). The third-order valence-corrected chi connectivity index (χ3v) is 5.49. The molecule has 0 saturated carbocycles. The molecule has 0 unspecified atom stereocenters. The number of nitrogens with one attached hydrogen (secondary N) is 1. The minimum absolute atomic E-state index is 0.610. The maximum Gasteiger partial charge on any atom is 0.113 e. The molecule has 4 heteroatoms. The topological polar surface area (TPSA) is 39.1 Å². The van der Waals surface area contributed by atoms with Crippen molar-refractivity contribution in [3.8, 4) is 0 Å². The minimum atomic E-state index is 0.610. The lowest BCUT2D eigenvalue weighted by Gasteiger charge is -2.25. The quantitative estimate of drug-likeness (QED) is 0.941. The molecule has 0 spiro atoms. The van der Waals surface area contributed by atoms with Crippen LogP contribution in [0.3, 0.4) is 0 Å². The molecule has 2 aliphatic heterocycles. The number of para-hydroxylation sites is 2. The predicted molar refractivity (Wildman–Crippen MR) is 92.7 cm³/mol. The number of ether oxygens (including phenoxy) is 1. The van der Waals surface area contributed by atoms with E-state index in [9.17, 15) is 0 Å². The molecule has 0 radical (unpaired) electrons. The van der Waals surface area contributed by atoms with Gasteiger partial charge in [-0.05, 0) is 63.2 Å². The van der Waals surface area contributed by atoms with Crippen molar-refractivity contribution in [3.63, 3.8) is 0 Å². The van der Waals surface area contributed by atoms with Crippen LogP contribution >= 0.6 is 0 Å². The lowest BCUT2D eigenvalue weighted by molar-refractivity contribution is 0.0626. The van der Waals surface area contributed by atoms with Gasteiger partial charge in [0.2, 0.25) is 0 Å². The van der Waals surface area contributed by atoms with Crippen molar-refractivity contribution < 1.29 is 4.74 Å². The molecule has 0 bridgehead atoms. The fourth-order valence-electron chi connectivity index (χ4n) is 4.07. The molecule has 0 amide bonds. The Kier molecular flexibility index (Phi) is 4.62. The summed E-state index contributed by atoms with van der Waals surface area (Å²) in [6.07, 6.45) is 6.10. The average molecular weight is 313 g/mol. The van der Waals surface area contributed by atoms with Crippen molar-refractivity contribution in [3.05, 3.63) is 30.1 Å². The molecular weight excluding hydrogens is 286 g/mol. The molecule has 1 aromatic heterocycles. The van der Waals surface area contributed by atoms with Crippen molar-refractivity contribution in [2.45, 2.75) is 44.6 Å². The molecule has 4 nitrogen and oxygen atoms in total. The monoisotopic (exact) mass is 313 g/mol. The number of imidazole rings is 1. The maximum absolute atomic E-state index is 5.50. The Hall–Kier alpha value is -1.39. The number of aromatic nitrogens is 2. The van der Waals surface area contributed by atoms with E-state index in [1.807, 2.05) is 0 Å². The van der Waals surface area contributed by atoms with Crippen molar-refractivity contribution in [2.24, 2.45) is 5.92 Å². The van der Waals surface area contributed by atoms with Gasteiger partial charge in [0.1, 0.15) is 5.82 Å². The van der Waals surface area contributed by atoms with Gasteiger partial charge in [-0.25, -0.2) is 4.98 Å². The normalized spacial score (nSPS) is 21.0. The molecule has 2 saturated heterocycles. The minimum Gasteiger partial charge on any atom is -0.381 e. The van der Waals surface area contributed by atoms with Crippen molar-refractivity contribution in [1.29, 1.82) is 0 Å². The first-order valence-electron chi connectivity index (χ1n) is 9.15. The number of benzene rings is 1. The molecule has 0 aliphatic carbocycles. The maximum atomic E-state index is 5.50. The Balaban J connectivity index is 1.59. The van der Waals surface area contributed by atoms with Crippen LogP contribution < -0.4 is 5.32 Å². The second-order valence-corrected chi connectivity index (χ2v) is 6.98. The molecule has 1 N–H and O–H groups in total. The zero-order valence-corrected chi connectivity index (χ0v) is 13.8. The SMILES string of the molecule is c1ccc2c(c1)nc(C1CCNCC1)n2CCC1CCOCC1. The number of aryl methyl sites for hydroxylation is 1. The van der Waals surface area contributed by atoms with Gasteiger partial charge < -0.3 is 14.6 Å². The van der Waals surface area contributed by atoms with Crippen molar-refractivity contribution >= 4 is 11.0 Å². The van der Waals surface area contributed by atoms with Gasteiger partial charge in [0, 0.05) is 25.7 Å². The summed E-state index contributed by atoms with van der Waals surface area (Å²) >= 11 is 0. The van der Waals surface area contributed by atoms with Crippen LogP contribution in [0.1, 0.15) is 43.8 Å². The zero-order valence-electron chi connectivity index (χ0n) is 13.8. The first kappa shape index (κ1) is 15.2. The van der Waals surface area contributed by atoms with E-state index in [1.165, 1.54) is 43.4 Å². The van der Waals surface area contributed by atoms with Gasteiger partial charge in [0.15, 0.2) is 0 Å². The van der Waals surface area contributed by atoms with E-state index in [0.717, 1.165) is 44.3 Å². The summed E-state index contributed by atoms with van der Waals surface area (Å²) in [6, 6.07) is 8.63. The van der Waals surface area contributed by atoms with Gasteiger partial charge >= 0.3 is 0 Å². The first-order valence-corrected chi connectivity index (χ1v) is 9.15. The Morgan fingerprint density at radius 1 is 1.09 bits per heavy atom. The van der Waals surface area contributed by atoms with Crippen LogP contribution in [0.15, 0.2) is 24.3 Å². The third kappa shape index (κ3) is 3.29. The van der Waals surface area contributed by atoms with Crippen LogP contribution in [0.4, 0.5) is 0 Å². The Morgan fingerprint density at radius 2 is 1.87 bits per heavy atom. The highest BCUT2D eigenvalue weighted by Crippen LogP contribution is 2.29. The van der Waals surface area contributed by atoms with Gasteiger partial charge in [-0.2, -0.15) is 0 Å². The molecule has 2 aromatic rings. The van der Waals surface area contributed by atoms with Gasteiger partial charge in [0.05, 0.1) is 11.0 Å². The number of nitrogens with zero attached hydrogens (tertiary/aromatic N) is 2. The van der Waals surface area contributed by atoms with Crippen molar-refractivity contribution in [1.82, 2.24) is 14.9 Å². The number of fused-ring (bicyclic) bond motifs is 1. The highest BCUT2D eigenvalue weighted by atomic mass is 16.5. The lowest BCUT2D eigenvalue weighted by Crippen LogP contribution is -2.28. The highest BCUT2D eigenvalue weighted by molar-refractivity contribution is 5.76. The summed E-state index contributed by atoms with van der Waals surface area (Å²) in [6.45, 7) is 5.22. The van der Waals surface area contributed by atoms with Crippen LogP contribution in [0, 0.1) is 5.92 Å². The van der Waals surface area contributed by atoms with Gasteiger partial charge in [-0.3, -0.25) is 0 Å². The highest BCUT2D eigenvalue weighted by Gasteiger charge is 2.23. The average Bonchev–Trinajstić information content (AvgIpc) is 3.00. The summed E-state index contributed by atoms with van der Waals surface area (Å²) in [5.74, 6) is 2.74. The summed E-state index contributed by atoms with van der Waals surface area (Å²) in [4.78, 5) is 5.01. The zero-order chi connectivity index (χ0) is 15.5. The van der Waals surface area contributed by atoms with Gasteiger partial charge in [-0.15, -0.1) is 0 Å². The summed E-state index contributed by atoms with van der Waals surface area (Å²) < 4.78 is 8.01. The van der Waals surface area contributed by atoms with Gasteiger partial charge in [-0.1, -0.05) is 12.1 Å². The van der Waals surface area contributed by atoms with E-state index in [0.29, 0.717) is 5.92 Å². The third-order valence-electron chi connectivity index (χ3n) is 5.49. The molecule has 0 atom stereocenters. The standard InChI is InChI=1S/C19H27N3O/c1-2-4-18-17(3-1)21-19(16-5-10-20-11-6-16)22(18)12-7-15-8-13-23-14-9-15/h1-4,15-16,20H,5-14H2. The van der Waals surface area contributed by atoms with Crippen molar-refractivity contribution in [2.75, 3.05) is 26.3 Å². The summed E-state index contributed by atoms with van der Waals surface area (Å²) in [5.41, 5.74) is 2.47. The van der Waals surface area contributed by atoms with Crippen LogP contribution in [-0.4, -0.2) is 35.9 Å². The lowest BCUT2D eigenvalue weighted by atomic mass is 9.95. The van der Waals surface area contributed by atoms with E-state index in [4.69, 9.17) is 9.72 Å². The number of hydrogen-bond acceptors (Lipinski definition) is 3. The van der Waals surface area contributed by atoms with Crippen LogP contribution in [0.25, 0.3) is 11.0 Å². The molecule has 3 heterocycles. The van der Waals surface area contributed by atoms with E-state index in [-0.39, 0.29) is 0 Å². The Bertz CT molecular complexity index is 639. The molecule has 2 aliphatic rings. The number of hydrogen-bond donors (Lipinski definition) is 1. The molecule has 2 fully saturated rings. The first-order chi connectivity index (χ1) is 11.4. The largest absolute Gasteiger partial charge is 0.381 e. The summed E-state index contributed by atoms with van der Waals surface area (Å²) in [7, 11) is 0.